The van der Waals surface area contributed by atoms with E-state index in [1.54, 1.807) is 55.5 Å². The highest BCUT2D eigenvalue weighted by molar-refractivity contribution is 7.80. The Morgan fingerprint density at radius 1 is 1.11 bits per heavy atom. The number of thiocarbonyl (C=S) groups is 1. The predicted molar refractivity (Wildman–Crippen MR) is 140 cm³/mol. The Kier molecular flexibility index (Phi) is 5.94. The van der Waals surface area contributed by atoms with E-state index in [0.29, 0.717) is 38.8 Å². The van der Waals surface area contributed by atoms with E-state index in [9.17, 15) is 4.79 Å². The summed E-state index contributed by atoms with van der Waals surface area (Å²) in [4.78, 5) is 15.7. The molecule has 2 aliphatic heterocycles. The van der Waals surface area contributed by atoms with Gasteiger partial charge in [0.05, 0.1) is 20.3 Å². The van der Waals surface area contributed by atoms with Crippen molar-refractivity contribution in [3.63, 3.8) is 0 Å². The van der Waals surface area contributed by atoms with Gasteiger partial charge in [0.15, 0.2) is 22.3 Å². The number of methoxy groups -OCH3 is 2. The summed E-state index contributed by atoms with van der Waals surface area (Å²) >= 11 is 12.1. The van der Waals surface area contributed by atoms with E-state index < -0.39 is 17.7 Å². The minimum Gasteiger partial charge on any atom is -0.497 e. The fraction of sp³-hybridized carbons (Fsp3) is 0.231. The molecule has 2 bridgehead atoms. The van der Waals surface area contributed by atoms with Crippen molar-refractivity contribution in [2.24, 2.45) is 5.92 Å². The van der Waals surface area contributed by atoms with Crippen molar-refractivity contribution >= 4 is 46.2 Å². The summed E-state index contributed by atoms with van der Waals surface area (Å²) in [7, 11) is 3.19. The minimum atomic E-state index is -1.18. The summed E-state index contributed by atoms with van der Waals surface area (Å²) in [6.45, 7) is 1.86. The number of halogens is 1. The molecule has 0 spiro atoms. The SMILES string of the molecule is COc1ccc(NC(=O)[C@@H]2[C@@H]3NC(=S)N(c4cccc(Cl)c4)[C@@]2(C)Oc2c(OC)cccc23)cc1. The van der Waals surface area contributed by atoms with Crippen LogP contribution in [0.3, 0.4) is 0 Å². The fourth-order valence-electron chi connectivity index (χ4n) is 4.83. The summed E-state index contributed by atoms with van der Waals surface area (Å²) in [6.07, 6.45) is 0. The van der Waals surface area contributed by atoms with Crippen molar-refractivity contribution < 1.29 is 19.0 Å². The zero-order valence-electron chi connectivity index (χ0n) is 19.4. The van der Waals surface area contributed by atoms with Crippen molar-refractivity contribution in [1.82, 2.24) is 5.32 Å². The van der Waals surface area contributed by atoms with Crippen LogP contribution >= 0.6 is 23.8 Å². The molecule has 9 heteroatoms. The Hall–Kier alpha value is -3.49. The van der Waals surface area contributed by atoms with Crippen LogP contribution in [0.1, 0.15) is 18.5 Å². The molecule has 0 radical (unpaired) electrons. The maximum Gasteiger partial charge on any atom is 0.236 e. The van der Waals surface area contributed by atoms with Crippen LogP contribution in [0, 0.1) is 5.92 Å². The number of anilines is 2. The number of ether oxygens (including phenoxy) is 3. The maximum atomic E-state index is 13.9. The molecule has 3 aromatic carbocycles. The summed E-state index contributed by atoms with van der Waals surface area (Å²) in [5.41, 5.74) is 0.961. The standard InChI is InChI=1S/C26H24ClN3O4S/c1-26-21(24(31)28-16-10-12-18(32-2)13-11-16)22(19-8-5-9-20(33-3)23(19)34-26)29-25(35)30(26)17-7-4-6-15(27)14-17/h4-14,21-22H,1-3H3,(H,28,31)(H,29,35)/t21-,22+,26-/m0/s1. The lowest BCUT2D eigenvalue weighted by Crippen LogP contribution is -2.72. The van der Waals surface area contributed by atoms with Gasteiger partial charge in [-0.1, -0.05) is 29.8 Å². The molecule has 1 fully saturated rings. The van der Waals surface area contributed by atoms with Gasteiger partial charge in [-0.15, -0.1) is 0 Å². The smallest absolute Gasteiger partial charge is 0.236 e. The van der Waals surface area contributed by atoms with E-state index in [1.165, 1.54) is 0 Å². The lowest BCUT2D eigenvalue weighted by atomic mass is 9.78. The third-order valence-corrected chi connectivity index (χ3v) is 6.95. The normalized spacial score (nSPS) is 22.4. The maximum absolute atomic E-state index is 13.9. The quantitative estimate of drug-likeness (QED) is 0.460. The van der Waals surface area contributed by atoms with Gasteiger partial charge in [0.2, 0.25) is 5.91 Å². The van der Waals surface area contributed by atoms with Gasteiger partial charge in [0, 0.05) is 22.0 Å². The molecule has 0 unspecified atom stereocenters. The van der Waals surface area contributed by atoms with Gasteiger partial charge in [-0.05, 0) is 67.7 Å². The van der Waals surface area contributed by atoms with Crippen LogP contribution in [0.15, 0.2) is 66.7 Å². The monoisotopic (exact) mass is 509 g/mol. The highest BCUT2D eigenvalue weighted by Gasteiger charge is 2.59. The topological polar surface area (TPSA) is 72.1 Å². The summed E-state index contributed by atoms with van der Waals surface area (Å²) in [5, 5.41) is 7.39. The molecule has 2 aliphatic rings. The van der Waals surface area contributed by atoms with Crippen molar-refractivity contribution in [3.05, 3.63) is 77.3 Å². The molecule has 1 amide bonds. The molecule has 0 aromatic heterocycles. The number of hydrogen-bond acceptors (Lipinski definition) is 5. The van der Waals surface area contributed by atoms with Crippen LogP contribution in [0.2, 0.25) is 5.02 Å². The minimum absolute atomic E-state index is 0.224. The molecule has 0 saturated carbocycles. The first-order valence-electron chi connectivity index (χ1n) is 11.0. The lowest BCUT2D eigenvalue weighted by Gasteiger charge is -2.56. The number of fused-ring (bicyclic) bond motifs is 4. The second-order valence-corrected chi connectivity index (χ2v) is 9.30. The van der Waals surface area contributed by atoms with E-state index in [0.717, 1.165) is 5.56 Å². The molecule has 3 aromatic rings. The number of amides is 1. The van der Waals surface area contributed by atoms with Crippen molar-refractivity contribution in [3.8, 4) is 17.2 Å². The Morgan fingerprint density at radius 2 is 1.86 bits per heavy atom. The van der Waals surface area contributed by atoms with Crippen LogP contribution in [-0.2, 0) is 4.79 Å². The number of hydrogen-bond donors (Lipinski definition) is 2. The molecular weight excluding hydrogens is 486 g/mol. The van der Waals surface area contributed by atoms with E-state index in [4.69, 9.17) is 38.0 Å². The number of carbonyl (C=O) groups excluding carboxylic acids is 1. The molecule has 2 heterocycles. The van der Waals surface area contributed by atoms with Gasteiger partial charge >= 0.3 is 0 Å². The molecule has 2 N–H and O–H groups in total. The average molecular weight is 510 g/mol. The van der Waals surface area contributed by atoms with Gasteiger partial charge < -0.3 is 24.8 Å². The van der Waals surface area contributed by atoms with Crippen molar-refractivity contribution in [2.75, 3.05) is 24.4 Å². The predicted octanol–water partition coefficient (Wildman–Crippen LogP) is 5.16. The first-order valence-corrected chi connectivity index (χ1v) is 11.8. The number of benzene rings is 3. The number of rotatable bonds is 5. The third-order valence-electron chi connectivity index (χ3n) is 6.42. The summed E-state index contributed by atoms with van der Waals surface area (Å²) in [6, 6.07) is 19.6. The van der Waals surface area contributed by atoms with E-state index in [2.05, 4.69) is 10.6 Å². The fourth-order valence-corrected chi connectivity index (χ4v) is 5.43. The largest absolute Gasteiger partial charge is 0.497 e. The van der Waals surface area contributed by atoms with Crippen LogP contribution in [-0.4, -0.2) is 31.0 Å². The lowest BCUT2D eigenvalue weighted by molar-refractivity contribution is -0.130. The van der Waals surface area contributed by atoms with E-state index in [-0.39, 0.29) is 5.91 Å². The number of nitrogens with zero attached hydrogens (tertiary/aromatic N) is 1. The highest BCUT2D eigenvalue weighted by Crippen LogP contribution is 2.52. The van der Waals surface area contributed by atoms with E-state index in [1.807, 2.05) is 37.3 Å². The molecule has 7 nitrogen and oxygen atoms in total. The van der Waals surface area contributed by atoms with Gasteiger partial charge in [0.1, 0.15) is 11.7 Å². The third kappa shape index (κ3) is 3.92. The number of carbonyl (C=O) groups is 1. The molecule has 1 saturated heterocycles. The van der Waals surface area contributed by atoms with Gasteiger partial charge in [-0.25, -0.2) is 0 Å². The van der Waals surface area contributed by atoms with Gasteiger partial charge in [0.25, 0.3) is 0 Å². The van der Waals surface area contributed by atoms with Crippen LogP contribution in [0.25, 0.3) is 0 Å². The Balaban J connectivity index is 1.62. The van der Waals surface area contributed by atoms with Crippen LogP contribution < -0.4 is 29.7 Å². The Bertz CT molecular complexity index is 1300. The molecule has 35 heavy (non-hydrogen) atoms. The van der Waals surface area contributed by atoms with E-state index >= 15 is 0 Å². The number of para-hydroxylation sites is 1. The highest BCUT2D eigenvalue weighted by atomic mass is 35.5. The zero-order valence-corrected chi connectivity index (χ0v) is 20.9. The number of nitrogens with one attached hydrogen (secondary N) is 2. The second-order valence-electron chi connectivity index (χ2n) is 8.47. The summed E-state index contributed by atoms with van der Waals surface area (Å²) < 4.78 is 17.5. The van der Waals surface area contributed by atoms with Crippen LogP contribution in [0.5, 0.6) is 17.2 Å². The van der Waals surface area contributed by atoms with Crippen molar-refractivity contribution in [1.29, 1.82) is 0 Å². The Labute approximate surface area is 213 Å². The molecule has 0 aliphatic carbocycles. The summed E-state index contributed by atoms with van der Waals surface area (Å²) in [5.74, 6) is 0.937. The van der Waals surface area contributed by atoms with Gasteiger partial charge in [-0.2, -0.15) is 0 Å². The molecule has 3 atom stereocenters. The average Bonchev–Trinajstić information content (AvgIpc) is 2.83. The zero-order chi connectivity index (χ0) is 24.7. The van der Waals surface area contributed by atoms with Gasteiger partial charge in [-0.3, -0.25) is 9.69 Å². The molecule has 180 valence electrons. The first-order chi connectivity index (χ1) is 16.9. The Morgan fingerprint density at radius 3 is 2.54 bits per heavy atom. The molecular formula is C26H24ClN3O4S. The second kappa shape index (κ2) is 8.94. The van der Waals surface area contributed by atoms with Crippen molar-refractivity contribution in [2.45, 2.75) is 18.7 Å². The van der Waals surface area contributed by atoms with Crippen LogP contribution in [0.4, 0.5) is 11.4 Å². The first kappa shape index (κ1) is 23.3. The molecule has 5 rings (SSSR count).